The third-order valence-electron chi connectivity index (χ3n) is 4.36. The maximum atomic E-state index is 12.5. The summed E-state index contributed by atoms with van der Waals surface area (Å²) in [4.78, 5) is 19.4. The molecule has 142 valence electrons. The highest BCUT2D eigenvalue weighted by molar-refractivity contribution is 7.16. The number of amides is 1. The van der Waals surface area contributed by atoms with Crippen LogP contribution in [0, 0.1) is 5.41 Å². The Morgan fingerprint density at radius 2 is 1.76 bits per heavy atom. The molecule has 1 fully saturated rings. The summed E-state index contributed by atoms with van der Waals surface area (Å²) in [5.41, 5.74) is 0.0655. The Bertz CT molecular complexity index is 582. The lowest BCUT2D eigenvalue weighted by atomic mass is 9.82. The molecule has 2 N–H and O–H groups in total. The summed E-state index contributed by atoms with van der Waals surface area (Å²) in [5, 5.41) is 14.3. The molecule has 0 radical (unpaired) electrons. The van der Waals surface area contributed by atoms with Crippen molar-refractivity contribution in [3.63, 3.8) is 0 Å². The van der Waals surface area contributed by atoms with Crippen LogP contribution in [0.25, 0.3) is 0 Å². The number of carbonyl (C=O) groups is 1. The van der Waals surface area contributed by atoms with Gasteiger partial charge in [-0.2, -0.15) is 4.98 Å². The molecule has 6 heteroatoms. The van der Waals surface area contributed by atoms with Crippen molar-refractivity contribution in [2.45, 2.75) is 78.7 Å². The summed E-state index contributed by atoms with van der Waals surface area (Å²) in [6.45, 7) is 12.6. The van der Waals surface area contributed by atoms with Crippen molar-refractivity contribution >= 4 is 22.4 Å². The Labute approximate surface area is 155 Å². The summed E-state index contributed by atoms with van der Waals surface area (Å²) in [7, 11) is 0. The van der Waals surface area contributed by atoms with E-state index in [2.05, 4.69) is 44.9 Å². The molecule has 2 heterocycles. The molecule has 0 aromatic carbocycles. The van der Waals surface area contributed by atoms with Crippen LogP contribution in [0.2, 0.25) is 0 Å². The van der Waals surface area contributed by atoms with Crippen LogP contribution in [-0.4, -0.2) is 39.5 Å². The number of aromatic nitrogens is 1. The standard InChI is InChI=1S/C19H33N3O2S/c1-18(2,3)13-19(4,5)21-17-20-16(24)14(25-17)12-15(23)22-10-8-6-7-9-11-22/h24H,6-13H2,1-5H3,(H,20,21). The van der Waals surface area contributed by atoms with E-state index >= 15 is 0 Å². The van der Waals surface area contributed by atoms with Crippen LogP contribution >= 0.6 is 11.3 Å². The SMILES string of the molecule is CC(C)(C)CC(C)(C)Nc1nc(O)c(CC(=O)N2CCCCCC2)s1. The molecule has 0 saturated carbocycles. The second kappa shape index (κ2) is 7.94. The Morgan fingerprint density at radius 3 is 2.32 bits per heavy atom. The van der Waals surface area contributed by atoms with Gasteiger partial charge in [-0.25, -0.2) is 0 Å². The number of nitrogens with one attached hydrogen (secondary N) is 1. The summed E-state index contributed by atoms with van der Waals surface area (Å²) < 4.78 is 0. The quantitative estimate of drug-likeness (QED) is 0.808. The van der Waals surface area contributed by atoms with Crippen LogP contribution < -0.4 is 5.32 Å². The molecule has 1 amide bonds. The first kappa shape index (κ1) is 20.0. The van der Waals surface area contributed by atoms with Gasteiger partial charge in [0, 0.05) is 18.6 Å². The van der Waals surface area contributed by atoms with Gasteiger partial charge in [-0.05, 0) is 38.5 Å². The van der Waals surface area contributed by atoms with Gasteiger partial charge >= 0.3 is 0 Å². The lowest BCUT2D eigenvalue weighted by Crippen LogP contribution is -2.35. The Morgan fingerprint density at radius 1 is 1.16 bits per heavy atom. The molecule has 2 rings (SSSR count). The Kier molecular flexibility index (Phi) is 6.35. The summed E-state index contributed by atoms with van der Waals surface area (Å²) in [5.74, 6) is 0.0867. The van der Waals surface area contributed by atoms with Gasteiger partial charge in [-0.1, -0.05) is 44.9 Å². The Hall–Kier alpha value is -1.30. The third-order valence-corrected chi connectivity index (χ3v) is 5.32. The van der Waals surface area contributed by atoms with Gasteiger partial charge in [0.25, 0.3) is 0 Å². The molecule has 0 atom stereocenters. The number of aromatic hydroxyl groups is 1. The summed E-state index contributed by atoms with van der Waals surface area (Å²) in [6, 6.07) is 0. The van der Waals surface area contributed by atoms with Crippen LogP contribution in [0.15, 0.2) is 0 Å². The average Bonchev–Trinajstić information content (AvgIpc) is 2.65. The zero-order chi connectivity index (χ0) is 18.7. The second-order valence-corrected chi connectivity index (χ2v) is 10.1. The molecular formula is C19H33N3O2S. The van der Waals surface area contributed by atoms with Gasteiger partial charge in [-0.15, -0.1) is 0 Å². The molecule has 0 bridgehead atoms. The zero-order valence-corrected chi connectivity index (χ0v) is 17.1. The number of hydrogen-bond acceptors (Lipinski definition) is 5. The zero-order valence-electron chi connectivity index (χ0n) is 16.3. The van der Waals surface area contributed by atoms with Gasteiger partial charge in [0.2, 0.25) is 11.8 Å². The van der Waals surface area contributed by atoms with Gasteiger partial charge in [0.15, 0.2) is 5.13 Å². The van der Waals surface area contributed by atoms with Crippen molar-refractivity contribution in [1.29, 1.82) is 0 Å². The third kappa shape index (κ3) is 6.49. The van der Waals surface area contributed by atoms with Crippen LogP contribution in [0.5, 0.6) is 5.88 Å². The number of thiazole rings is 1. The van der Waals surface area contributed by atoms with Crippen molar-refractivity contribution < 1.29 is 9.90 Å². The average molecular weight is 368 g/mol. The number of anilines is 1. The molecule has 1 aromatic rings. The highest BCUT2D eigenvalue weighted by Crippen LogP contribution is 2.34. The molecule has 5 nitrogen and oxygen atoms in total. The van der Waals surface area contributed by atoms with E-state index in [0.29, 0.717) is 10.0 Å². The predicted octanol–water partition coefficient (Wildman–Crippen LogP) is 4.42. The normalized spacial score (nSPS) is 16.6. The van der Waals surface area contributed by atoms with E-state index in [-0.39, 0.29) is 29.2 Å². The van der Waals surface area contributed by atoms with E-state index in [1.54, 1.807) is 0 Å². The first-order valence-corrected chi connectivity index (χ1v) is 10.1. The molecule has 1 aliphatic heterocycles. The maximum Gasteiger partial charge on any atom is 0.228 e. The molecular weight excluding hydrogens is 334 g/mol. The predicted molar refractivity (Wildman–Crippen MR) is 104 cm³/mol. The highest BCUT2D eigenvalue weighted by atomic mass is 32.1. The molecule has 25 heavy (non-hydrogen) atoms. The molecule has 0 unspecified atom stereocenters. The fraction of sp³-hybridized carbons (Fsp3) is 0.789. The second-order valence-electron chi connectivity index (χ2n) is 8.98. The van der Waals surface area contributed by atoms with Gasteiger partial charge in [0.1, 0.15) is 0 Å². The van der Waals surface area contributed by atoms with Crippen LogP contribution in [0.4, 0.5) is 5.13 Å². The summed E-state index contributed by atoms with van der Waals surface area (Å²) in [6.07, 6.45) is 5.77. The number of nitrogens with zero attached hydrogens (tertiary/aromatic N) is 2. The Balaban J connectivity index is 2.00. The van der Waals surface area contributed by atoms with Crippen molar-refractivity contribution in [3.8, 4) is 5.88 Å². The minimum atomic E-state index is -0.130. The van der Waals surface area contributed by atoms with Gasteiger partial charge in [-0.3, -0.25) is 4.79 Å². The van der Waals surface area contributed by atoms with Gasteiger partial charge in [0.05, 0.1) is 11.3 Å². The van der Waals surface area contributed by atoms with E-state index in [0.717, 1.165) is 32.4 Å². The topological polar surface area (TPSA) is 65.5 Å². The van der Waals surface area contributed by atoms with Crippen molar-refractivity contribution in [3.05, 3.63) is 4.88 Å². The molecule has 0 spiro atoms. The monoisotopic (exact) mass is 367 g/mol. The number of hydrogen-bond donors (Lipinski definition) is 2. The largest absolute Gasteiger partial charge is 0.492 e. The maximum absolute atomic E-state index is 12.5. The van der Waals surface area contributed by atoms with E-state index in [9.17, 15) is 9.90 Å². The molecule has 1 saturated heterocycles. The van der Waals surface area contributed by atoms with E-state index in [4.69, 9.17) is 0 Å². The fourth-order valence-electron chi connectivity index (χ4n) is 3.74. The smallest absolute Gasteiger partial charge is 0.228 e. The van der Waals surface area contributed by atoms with Crippen molar-refractivity contribution in [2.75, 3.05) is 18.4 Å². The first-order chi connectivity index (χ1) is 11.6. The van der Waals surface area contributed by atoms with E-state index < -0.39 is 0 Å². The minimum absolute atomic E-state index is 0.0118. The number of carbonyl (C=O) groups excluding carboxylic acids is 1. The number of likely N-dealkylation sites (tertiary alicyclic amines) is 1. The summed E-state index contributed by atoms with van der Waals surface area (Å²) >= 11 is 1.39. The fourth-order valence-corrected chi connectivity index (χ4v) is 4.77. The van der Waals surface area contributed by atoms with E-state index in [1.165, 1.54) is 24.2 Å². The lowest BCUT2D eigenvalue weighted by Gasteiger charge is -2.33. The molecule has 1 aliphatic rings. The lowest BCUT2D eigenvalue weighted by molar-refractivity contribution is -0.130. The van der Waals surface area contributed by atoms with Gasteiger partial charge < -0.3 is 15.3 Å². The van der Waals surface area contributed by atoms with Crippen molar-refractivity contribution in [1.82, 2.24) is 9.88 Å². The highest BCUT2D eigenvalue weighted by Gasteiger charge is 2.27. The van der Waals surface area contributed by atoms with Crippen LogP contribution in [-0.2, 0) is 11.2 Å². The molecule has 1 aromatic heterocycles. The minimum Gasteiger partial charge on any atom is -0.492 e. The number of rotatable bonds is 5. The molecule has 0 aliphatic carbocycles. The van der Waals surface area contributed by atoms with E-state index in [1.807, 2.05) is 4.90 Å². The van der Waals surface area contributed by atoms with Crippen molar-refractivity contribution in [2.24, 2.45) is 5.41 Å². The van der Waals surface area contributed by atoms with Crippen LogP contribution in [0.3, 0.4) is 0 Å². The first-order valence-electron chi connectivity index (χ1n) is 9.30. The van der Waals surface area contributed by atoms with Crippen LogP contribution in [0.1, 0.15) is 71.6 Å².